The fraction of sp³-hybridized carbons (Fsp3) is 0.0769. The fourth-order valence-corrected chi connectivity index (χ4v) is 2.33. The van der Waals surface area contributed by atoms with Crippen LogP contribution in [0.15, 0.2) is 42.0 Å². The molecule has 2 nitrogen and oxygen atoms in total. The Balaban J connectivity index is 2.18. The number of phenolic OH excluding ortho intramolecular Hbond substituents is 1. The van der Waals surface area contributed by atoms with Crippen LogP contribution in [-0.4, -0.2) is 21.4 Å². The molecule has 2 aliphatic rings. The highest BCUT2D eigenvalue weighted by atomic mass is 28.1. The molecular weight excluding hydrogens is 214 g/mol. The molecule has 0 aromatic heterocycles. The molecule has 1 aromatic carbocycles. The van der Waals surface area contributed by atoms with E-state index in [9.17, 15) is 5.11 Å². The number of anilines is 1. The zero-order valence-corrected chi connectivity index (χ0v) is 9.57. The molecule has 77 valence electrons. The minimum Gasteiger partial charge on any atom is -0.508 e. The van der Waals surface area contributed by atoms with Gasteiger partial charge >= 0.3 is 0 Å². The first-order chi connectivity index (χ1) is 7.75. The largest absolute Gasteiger partial charge is 0.508 e. The fourth-order valence-electron chi connectivity index (χ4n) is 2.04. The molecule has 0 saturated carbocycles. The molecule has 0 bridgehead atoms. The molecule has 1 heterocycles. The van der Waals surface area contributed by atoms with Gasteiger partial charge in [0.25, 0.3) is 0 Å². The van der Waals surface area contributed by atoms with Crippen molar-refractivity contribution >= 4 is 27.2 Å². The van der Waals surface area contributed by atoms with E-state index in [1.54, 1.807) is 6.07 Å². The first-order valence-corrected chi connectivity index (χ1v) is 5.66. The highest BCUT2D eigenvalue weighted by molar-refractivity contribution is 6.37. The lowest BCUT2D eigenvalue weighted by Crippen LogP contribution is -2.26. The number of aromatic hydroxyl groups is 1. The lowest BCUT2D eigenvalue weighted by Gasteiger charge is -2.27. The van der Waals surface area contributed by atoms with E-state index >= 15 is 0 Å². The molecule has 2 N–H and O–H groups in total. The van der Waals surface area contributed by atoms with Crippen LogP contribution in [0.2, 0.25) is 0 Å². The van der Waals surface area contributed by atoms with E-state index in [4.69, 9.17) is 0 Å². The number of benzene rings is 1. The number of phenols is 1. The SMILES string of the molecule is Oc1ccc2c(c1[Si])C=C1C=CC=CC1N2. The molecular formula is C13H10NOSi. The Morgan fingerprint density at radius 2 is 2.12 bits per heavy atom. The Morgan fingerprint density at radius 1 is 1.25 bits per heavy atom. The molecule has 3 radical (unpaired) electrons. The van der Waals surface area contributed by atoms with Gasteiger partial charge in [-0.1, -0.05) is 24.3 Å². The monoisotopic (exact) mass is 224 g/mol. The van der Waals surface area contributed by atoms with Crippen LogP contribution >= 0.6 is 0 Å². The average molecular weight is 224 g/mol. The molecule has 3 heteroatoms. The molecule has 1 aliphatic heterocycles. The summed E-state index contributed by atoms with van der Waals surface area (Å²) in [5, 5.41) is 13.8. The Labute approximate surface area is 97.4 Å². The highest BCUT2D eigenvalue weighted by Gasteiger charge is 2.19. The van der Waals surface area contributed by atoms with Crippen LogP contribution < -0.4 is 10.5 Å². The minimum atomic E-state index is 0.244. The van der Waals surface area contributed by atoms with Gasteiger partial charge in [-0.3, -0.25) is 0 Å². The molecule has 0 fully saturated rings. The first kappa shape index (κ1) is 9.48. The van der Waals surface area contributed by atoms with Crippen molar-refractivity contribution < 1.29 is 5.11 Å². The smallest absolute Gasteiger partial charge is 0.114 e. The van der Waals surface area contributed by atoms with Crippen LogP contribution in [0.3, 0.4) is 0 Å². The normalized spacial score (nSPS) is 20.8. The number of fused-ring (bicyclic) bond motifs is 2. The topological polar surface area (TPSA) is 32.3 Å². The zero-order valence-electron chi connectivity index (χ0n) is 8.57. The highest BCUT2D eigenvalue weighted by Crippen LogP contribution is 2.30. The Hall–Kier alpha value is -1.74. The van der Waals surface area contributed by atoms with Crippen LogP contribution in [0.5, 0.6) is 5.75 Å². The van der Waals surface area contributed by atoms with Crippen molar-refractivity contribution in [1.29, 1.82) is 0 Å². The number of nitrogens with one attached hydrogen (secondary N) is 1. The van der Waals surface area contributed by atoms with Gasteiger partial charge in [-0.25, -0.2) is 0 Å². The van der Waals surface area contributed by atoms with Crippen molar-refractivity contribution in [2.45, 2.75) is 6.04 Å². The van der Waals surface area contributed by atoms with Gasteiger partial charge < -0.3 is 10.4 Å². The van der Waals surface area contributed by atoms with E-state index in [0.29, 0.717) is 0 Å². The second-order valence-electron chi connectivity index (χ2n) is 3.93. The van der Waals surface area contributed by atoms with Gasteiger partial charge in [0.05, 0.1) is 16.3 Å². The second kappa shape index (κ2) is 3.38. The van der Waals surface area contributed by atoms with Gasteiger partial charge in [-0.15, -0.1) is 0 Å². The minimum absolute atomic E-state index is 0.244. The quantitative estimate of drug-likeness (QED) is 0.517. The average Bonchev–Trinajstić information content (AvgIpc) is 2.32. The molecule has 0 saturated heterocycles. The van der Waals surface area contributed by atoms with Gasteiger partial charge in [0.2, 0.25) is 0 Å². The summed E-state index contributed by atoms with van der Waals surface area (Å²) < 4.78 is 0. The summed E-state index contributed by atoms with van der Waals surface area (Å²) in [6.07, 6.45) is 10.4. The Morgan fingerprint density at radius 3 is 3.00 bits per heavy atom. The van der Waals surface area contributed by atoms with Crippen molar-refractivity contribution in [3.8, 4) is 5.75 Å². The van der Waals surface area contributed by atoms with Crippen LogP contribution in [0.1, 0.15) is 5.56 Å². The third-order valence-corrected chi connectivity index (χ3v) is 3.43. The van der Waals surface area contributed by atoms with Crippen molar-refractivity contribution in [3.63, 3.8) is 0 Å². The molecule has 3 rings (SSSR count). The standard InChI is InChI=1S/C13H10NOSi/c15-12-6-5-11-9(13(12)16)7-8-3-1-2-4-10(8)14-11/h1-7,10,14-15H. The number of hydrogen-bond acceptors (Lipinski definition) is 2. The van der Waals surface area contributed by atoms with Crippen molar-refractivity contribution in [2.75, 3.05) is 5.32 Å². The third kappa shape index (κ3) is 1.32. The van der Waals surface area contributed by atoms with E-state index in [2.05, 4.69) is 33.8 Å². The summed E-state index contributed by atoms with van der Waals surface area (Å²) in [5.41, 5.74) is 3.25. The Kier molecular flexibility index (Phi) is 2.01. The number of rotatable bonds is 0. The summed E-state index contributed by atoms with van der Waals surface area (Å²) in [6, 6.07) is 3.83. The summed E-state index contributed by atoms with van der Waals surface area (Å²) in [4.78, 5) is 0. The first-order valence-electron chi connectivity index (χ1n) is 5.16. The van der Waals surface area contributed by atoms with Crippen LogP contribution in [0.25, 0.3) is 6.08 Å². The van der Waals surface area contributed by atoms with Crippen LogP contribution in [0.4, 0.5) is 5.69 Å². The molecule has 1 atom stereocenters. The zero-order chi connectivity index (χ0) is 11.1. The maximum Gasteiger partial charge on any atom is 0.114 e. The molecule has 1 unspecified atom stereocenters. The van der Waals surface area contributed by atoms with E-state index in [0.717, 1.165) is 16.4 Å². The second-order valence-corrected chi connectivity index (χ2v) is 4.43. The van der Waals surface area contributed by atoms with Crippen LogP contribution in [0, 0.1) is 0 Å². The molecule has 0 amide bonds. The number of allylic oxidation sites excluding steroid dienone is 2. The lowest BCUT2D eigenvalue weighted by atomic mass is 9.94. The van der Waals surface area contributed by atoms with Crippen molar-refractivity contribution in [1.82, 2.24) is 0 Å². The summed E-state index contributed by atoms with van der Waals surface area (Å²) in [7, 11) is 3.46. The number of hydrogen-bond donors (Lipinski definition) is 2. The van der Waals surface area contributed by atoms with E-state index < -0.39 is 0 Å². The van der Waals surface area contributed by atoms with Crippen molar-refractivity contribution in [2.24, 2.45) is 0 Å². The third-order valence-electron chi connectivity index (χ3n) is 2.91. The lowest BCUT2D eigenvalue weighted by molar-refractivity contribution is 0.479. The van der Waals surface area contributed by atoms with E-state index in [-0.39, 0.29) is 11.8 Å². The van der Waals surface area contributed by atoms with Gasteiger partial charge in [0.15, 0.2) is 0 Å². The molecule has 16 heavy (non-hydrogen) atoms. The van der Waals surface area contributed by atoms with Gasteiger partial charge in [0, 0.05) is 11.3 Å². The maximum absolute atomic E-state index is 9.63. The summed E-state index contributed by atoms with van der Waals surface area (Å²) >= 11 is 0. The van der Waals surface area contributed by atoms with Crippen LogP contribution in [-0.2, 0) is 0 Å². The van der Waals surface area contributed by atoms with Gasteiger partial charge in [-0.2, -0.15) is 0 Å². The van der Waals surface area contributed by atoms with Crippen molar-refractivity contribution in [3.05, 3.63) is 47.6 Å². The molecule has 0 spiro atoms. The predicted molar refractivity (Wildman–Crippen MR) is 67.2 cm³/mol. The van der Waals surface area contributed by atoms with E-state index in [1.165, 1.54) is 5.57 Å². The summed E-state index contributed by atoms with van der Waals surface area (Å²) in [6.45, 7) is 0. The van der Waals surface area contributed by atoms with Gasteiger partial charge in [0.1, 0.15) is 5.75 Å². The van der Waals surface area contributed by atoms with Gasteiger partial charge in [-0.05, 0) is 29.0 Å². The van der Waals surface area contributed by atoms with E-state index in [1.807, 2.05) is 18.2 Å². The Bertz CT molecular complexity index is 543. The maximum atomic E-state index is 9.63. The summed E-state index contributed by atoms with van der Waals surface area (Å²) in [5.74, 6) is 0.267. The molecule has 1 aromatic rings. The molecule has 1 aliphatic carbocycles. The predicted octanol–water partition coefficient (Wildman–Crippen LogP) is 1.49.